The lowest BCUT2D eigenvalue weighted by molar-refractivity contribution is -0.384. The summed E-state index contributed by atoms with van der Waals surface area (Å²) in [4.78, 5) is 22.8. The van der Waals surface area contributed by atoms with Gasteiger partial charge in [-0.15, -0.1) is 0 Å². The topological polar surface area (TPSA) is 93.8 Å². The maximum atomic E-state index is 12.9. The third kappa shape index (κ3) is 2.26. The number of aromatic nitrogens is 3. The molecule has 1 heterocycles. The lowest BCUT2D eigenvalue weighted by Gasteiger charge is -2.01. The van der Waals surface area contributed by atoms with E-state index in [1.165, 1.54) is 42.5 Å². The predicted molar refractivity (Wildman–Crippen MR) is 76.2 cm³/mol. The molecule has 3 rings (SSSR count). The van der Waals surface area contributed by atoms with E-state index in [-0.39, 0.29) is 17.1 Å². The molecule has 0 radical (unpaired) electrons. The molecule has 0 unspecified atom stereocenters. The van der Waals surface area contributed by atoms with Crippen molar-refractivity contribution in [2.24, 2.45) is 0 Å². The van der Waals surface area contributed by atoms with Crippen molar-refractivity contribution in [2.45, 2.75) is 0 Å². The first-order valence-electron chi connectivity index (χ1n) is 6.25. The lowest BCUT2D eigenvalue weighted by Crippen LogP contribution is -2.16. The van der Waals surface area contributed by atoms with Gasteiger partial charge >= 0.3 is 0 Å². The van der Waals surface area contributed by atoms with Crippen molar-refractivity contribution in [3.63, 3.8) is 0 Å². The van der Waals surface area contributed by atoms with Crippen molar-refractivity contribution in [3.8, 4) is 16.9 Å². The Bertz CT molecular complexity index is 899. The van der Waals surface area contributed by atoms with E-state index in [1.54, 1.807) is 6.07 Å². The number of hydrogen-bond acceptors (Lipinski definition) is 4. The largest absolute Gasteiger partial charge is 0.299 e. The standard InChI is InChI=1S/C14H9FN4O3/c15-10-7-5-9(6-8-10)13-14(20)18(17-16-13)11-3-1-2-4-12(11)19(21)22/h1-8,17H. The number of nitrogens with one attached hydrogen (secondary N) is 1. The smallest absolute Gasteiger partial charge is 0.265 e. The molecule has 0 spiro atoms. The summed E-state index contributed by atoms with van der Waals surface area (Å²) in [6, 6.07) is 11.0. The minimum atomic E-state index is -0.583. The molecule has 110 valence electrons. The van der Waals surface area contributed by atoms with Crippen LogP contribution in [0.1, 0.15) is 0 Å². The molecule has 2 aromatic carbocycles. The van der Waals surface area contributed by atoms with Crippen LogP contribution in [0.2, 0.25) is 0 Å². The quantitative estimate of drug-likeness (QED) is 0.593. The molecule has 3 aromatic rings. The van der Waals surface area contributed by atoms with E-state index in [2.05, 4.69) is 10.3 Å². The van der Waals surface area contributed by atoms with Gasteiger partial charge in [-0.1, -0.05) is 12.1 Å². The zero-order valence-corrected chi connectivity index (χ0v) is 11.1. The Labute approximate surface area is 122 Å². The zero-order chi connectivity index (χ0) is 15.7. The fourth-order valence-corrected chi connectivity index (χ4v) is 2.07. The van der Waals surface area contributed by atoms with Crippen LogP contribution in [0.4, 0.5) is 10.1 Å². The van der Waals surface area contributed by atoms with Crippen molar-refractivity contribution in [3.05, 3.63) is 74.8 Å². The Hall–Kier alpha value is -3.29. The monoisotopic (exact) mass is 300 g/mol. The van der Waals surface area contributed by atoms with Gasteiger partial charge in [-0.2, -0.15) is 9.78 Å². The molecule has 1 aromatic heterocycles. The van der Waals surface area contributed by atoms with Gasteiger partial charge in [-0.25, -0.2) is 9.60 Å². The summed E-state index contributed by atoms with van der Waals surface area (Å²) in [5.74, 6) is -0.432. The minimum Gasteiger partial charge on any atom is -0.265 e. The fraction of sp³-hybridized carbons (Fsp3) is 0. The van der Waals surface area contributed by atoms with Gasteiger partial charge in [-0.3, -0.25) is 14.9 Å². The molecule has 8 heteroatoms. The van der Waals surface area contributed by atoms with Crippen molar-refractivity contribution in [2.75, 3.05) is 0 Å². The summed E-state index contributed by atoms with van der Waals surface area (Å²) in [6.45, 7) is 0. The van der Waals surface area contributed by atoms with Crippen molar-refractivity contribution >= 4 is 5.69 Å². The molecule has 0 atom stereocenters. The lowest BCUT2D eigenvalue weighted by atomic mass is 10.1. The molecule has 0 fully saturated rings. The van der Waals surface area contributed by atoms with Gasteiger partial charge in [0.15, 0.2) is 5.69 Å². The molecule has 0 aliphatic heterocycles. The van der Waals surface area contributed by atoms with E-state index < -0.39 is 16.3 Å². The van der Waals surface area contributed by atoms with Gasteiger partial charge in [0.1, 0.15) is 11.5 Å². The van der Waals surface area contributed by atoms with Gasteiger partial charge in [0.2, 0.25) is 0 Å². The number of nitrogens with zero attached hydrogens (tertiary/aromatic N) is 3. The van der Waals surface area contributed by atoms with E-state index in [1.807, 2.05) is 0 Å². The Morgan fingerprint density at radius 1 is 1.14 bits per heavy atom. The first-order chi connectivity index (χ1) is 10.6. The third-order valence-corrected chi connectivity index (χ3v) is 3.10. The van der Waals surface area contributed by atoms with E-state index in [4.69, 9.17) is 0 Å². The van der Waals surface area contributed by atoms with E-state index in [0.717, 1.165) is 4.68 Å². The normalized spacial score (nSPS) is 10.6. The number of halogens is 1. The van der Waals surface area contributed by atoms with Gasteiger partial charge in [-0.05, 0) is 30.3 Å². The van der Waals surface area contributed by atoms with Gasteiger partial charge in [0.25, 0.3) is 11.2 Å². The van der Waals surface area contributed by atoms with Crippen LogP contribution in [0.25, 0.3) is 16.9 Å². The molecule has 0 amide bonds. The second-order valence-electron chi connectivity index (χ2n) is 4.45. The number of H-pyrrole nitrogens is 1. The fourth-order valence-electron chi connectivity index (χ4n) is 2.07. The Balaban J connectivity index is 2.14. The predicted octanol–water partition coefficient (Wildman–Crippen LogP) is 2.27. The molecule has 0 aliphatic carbocycles. The average molecular weight is 300 g/mol. The summed E-state index contributed by atoms with van der Waals surface area (Å²) < 4.78 is 13.9. The number of aromatic amines is 1. The minimum absolute atomic E-state index is 0.0538. The van der Waals surface area contributed by atoms with Gasteiger partial charge < -0.3 is 0 Å². The zero-order valence-electron chi connectivity index (χ0n) is 11.1. The summed E-state index contributed by atoms with van der Waals surface area (Å²) in [7, 11) is 0. The third-order valence-electron chi connectivity index (χ3n) is 3.10. The van der Waals surface area contributed by atoms with E-state index in [9.17, 15) is 19.3 Å². The van der Waals surface area contributed by atoms with Crippen LogP contribution >= 0.6 is 0 Å². The van der Waals surface area contributed by atoms with Crippen LogP contribution in [-0.4, -0.2) is 19.9 Å². The van der Waals surface area contributed by atoms with Crippen LogP contribution < -0.4 is 5.56 Å². The first kappa shape index (κ1) is 13.7. The number of benzene rings is 2. The first-order valence-corrected chi connectivity index (χ1v) is 6.25. The molecule has 0 bridgehead atoms. The second kappa shape index (κ2) is 5.24. The number of hydrogen-bond donors (Lipinski definition) is 1. The van der Waals surface area contributed by atoms with Crippen molar-refractivity contribution in [1.29, 1.82) is 0 Å². The maximum Gasteiger partial charge on any atom is 0.299 e. The highest BCUT2D eigenvalue weighted by Crippen LogP contribution is 2.21. The van der Waals surface area contributed by atoms with Crippen LogP contribution in [0.5, 0.6) is 0 Å². The highest BCUT2D eigenvalue weighted by atomic mass is 19.1. The number of para-hydroxylation sites is 2. The highest BCUT2D eigenvalue weighted by molar-refractivity contribution is 5.59. The van der Waals surface area contributed by atoms with Gasteiger partial charge in [0.05, 0.1) is 4.92 Å². The van der Waals surface area contributed by atoms with Crippen LogP contribution in [-0.2, 0) is 0 Å². The van der Waals surface area contributed by atoms with Crippen molar-refractivity contribution in [1.82, 2.24) is 15.0 Å². The number of nitro benzene ring substituents is 1. The van der Waals surface area contributed by atoms with E-state index in [0.29, 0.717) is 5.56 Å². The van der Waals surface area contributed by atoms with Crippen LogP contribution in [0.3, 0.4) is 0 Å². The summed E-state index contributed by atoms with van der Waals surface area (Å²) in [6.07, 6.45) is 0. The van der Waals surface area contributed by atoms with Gasteiger partial charge in [0, 0.05) is 11.6 Å². The molecule has 1 N–H and O–H groups in total. The Kier molecular flexibility index (Phi) is 3.26. The molecule has 0 aliphatic rings. The number of nitro groups is 1. The van der Waals surface area contributed by atoms with Crippen molar-refractivity contribution < 1.29 is 9.31 Å². The summed E-state index contributed by atoms with van der Waals surface area (Å²) in [5, 5.41) is 17.4. The highest BCUT2D eigenvalue weighted by Gasteiger charge is 2.19. The molecule has 7 nitrogen and oxygen atoms in total. The molecular formula is C14H9FN4O3. The van der Waals surface area contributed by atoms with Crippen LogP contribution in [0, 0.1) is 15.9 Å². The molecule has 0 saturated heterocycles. The van der Waals surface area contributed by atoms with E-state index >= 15 is 0 Å². The maximum absolute atomic E-state index is 12.9. The molecule has 0 saturated carbocycles. The Morgan fingerprint density at radius 2 is 1.82 bits per heavy atom. The molecular weight excluding hydrogens is 291 g/mol. The summed E-state index contributed by atoms with van der Waals surface area (Å²) >= 11 is 0. The SMILES string of the molecule is O=c1c(-c2ccc(F)cc2)n[nH]n1-c1ccccc1[N+](=O)[O-]. The average Bonchev–Trinajstić information content (AvgIpc) is 2.89. The second-order valence-corrected chi connectivity index (χ2v) is 4.45. The summed E-state index contributed by atoms with van der Waals surface area (Å²) in [5.41, 5.74) is -0.226. The Morgan fingerprint density at radius 3 is 2.50 bits per heavy atom. The van der Waals surface area contributed by atoms with Crippen LogP contribution in [0.15, 0.2) is 53.3 Å². The number of rotatable bonds is 3. The molecule has 22 heavy (non-hydrogen) atoms.